The molecular weight excluding hydrogens is 226 g/mol. The molecule has 0 aromatic rings. The molecule has 1 N–H and O–H groups in total. The average Bonchev–Trinajstić information content (AvgIpc) is 2.31. The van der Waals surface area contributed by atoms with Crippen molar-refractivity contribution in [3.63, 3.8) is 0 Å². The van der Waals surface area contributed by atoms with Crippen molar-refractivity contribution in [1.29, 1.82) is 0 Å². The molecule has 0 radical (unpaired) electrons. The van der Waals surface area contributed by atoms with Gasteiger partial charge in [-0.15, -0.1) is 0 Å². The lowest BCUT2D eigenvalue weighted by molar-refractivity contribution is 0.401. The smallest absolute Gasteiger partial charge is 0.186 e. The van der Waals surface area contributed by atoms with Crippen molar-refractivity contribution in [2.45, 2.75) is 71.0 Å². The Kier molecular flexibility index (Phi) is 11.3. The van der Waals surface area contributed by atoms with Gasteiger partial charge < -0.3 is 9.74 Å². The molecule has 2 nitrogen and oxygen atoms in total. The minimum absolute atomic E-state index is 1.16. The van der Waals surface area contributed by atoms with Crippen molar-refractivity contribution < 1.29 is 4.43 Å². The van der Waals surface area contributed by atoms with Crippen LogP contribution in [0.4, 0.5) is 0 Å². The second kappa shape index (κ2) is 11.2. The Morgan fingerprint density at radius 1 is 0.882 bits per heavy atom. The molecule has 0 aliphatic rings. The Morgan fingerprint density at radius 3 is 2.12 bits per heavy atom. The zero-order valence-electron chi connectivity index (χ0n) is 12.5. The summed E-state index contributed by atoms with van der Waals surface area (Å²) in [6.07, 6.45) is 9.59. The lowest BCUT2D eigenvalue weighted by Gasteiger charge is -2.19. The van der Waals surface area contributed by atoms with Gasteiger partial charge in [0.25, 0.3) is 0 Å². The van der Waals surface area contributed by atoms with Crippen LogP contribution in [0.3, 0.4) is 0 Å². The van der Waals surface area contributed by atoms with Crippen LogP contribution in [0.1, 0.15) is 51.9 Å². The Morgan fingerprint density at radius 2 is 1.47 bits per heavy atom. The molecule has 0 aliphatic heterocycles. The lowest BCUT2D eigenvalue weighted by Crippen LogP contribution is -2.29. The minimum Gasteiger partial charge on any atom is -0.420 e. The fourth-order valence-corrected chi connectivity index (χ4v) is 3.13. The fraction of sp³-hybridized carbons (Fsp3) is 1.00. The highest BCUT2D eigenvalue weighted by Crippen LogP contribution is 2.11. The standard InChI is InChI=1S/C14H33NOSi/c1-5-6-7-8-9-10-12-15-13-11-14-17(3,4)16-2/h15H,5-14H2,1-4H3. The molecule has 104 valence electrons. The first-order valence-electron chi connectivity index (χ1n) is 7.38. The second-order valence-electron chi connectivity index (χ2n) is 5.59. The highest BCUT2D eigenvalue weighted by atomic mass is 28.4. The Balaban J connectivity index is 3.09. The van der Waals surface area contributed by atoms with Crippen LogP contribution in [0, 0.1) is 0 Å². The lowest BCUT2D eigenvalue weighted by atomic mass is 10.1. The first-order valence-corrected chi connectivity index (χ1v) is 10.5. The van der Waals surface area contributed by atoms with Crippen LogP contribution in [0.15, 0.2) is 0 Å². The van der Waals surface area contributed by atoms with Crippen molar-refractivity contribution in [3.8, 4) is 0 Å². The van der Waals surface area contributed by atoms with Gasteiger partial charge in [-0.2, -0.15) is 0 Å². The third kappa shape index (κ3) is 12.4. The van der Waals surface area contributed by atoms with Crippen LogP contribution in [0.2, 0.25) is 19.1 Å². The van der Waals surface area contributed by atoms with Crippen LogP contribution in [-0.2, 0) is 4.43 Å². The number of nitrogens with one attached hydrogen (secondary N) is 1. The molecule has 0 rings (SSSR count). The van der Waals surface area contributed by atoms with Gasteiger partial charge in [0.2, 0.25) is 0 Å². The van der Waals surface area contributed by atoms with Gasteiger partial charge in [0.15, 0.2) is 8.32 Å². The Labute approximate surface area is 110 Å². The highest BCUT2D eigenvalue weighted by Gasteiger charge is 2.18. The SMILES string of the molecule is CCCCCCCCNCCC[Si](C)(C)OC. The summed E-state index contributed by atoms with van der Waals surface area (Å²) in [5, 5.41) is 3.54. The van der Waals surface area contributed by atoms with E-state index in [4.69, 9.17) is 4.43 Å². The fourth-order valence-electron chi connectivity index (χ4n) is 1.90. The van der Waals surface area contributed by atoms with E-state index < -0.39 is 8.32 Å². The molecule has 0 fully saturated rings. The van der Waals surface area contributed by atoms with Crippen molar-refractivity contribution in [2.24, 2.45) is 0 Å². The number of hydrogen-bond donors (Lipinski definition) is 1. The van der Waals surface area contributed by atoms with Gasteiger partial charge in [-0.3, -0.25) is 0 Å². The van der Waals surface area contributed by atoms with Crippen LogP contribution < -0.4 is 5.32 Å². The molecule has 0 aromatic carbocycles. The summed E-state index contributed by atoms with van der Waals surface area (Å²) in [5.41, 5.74) is 0. The second-order valence-corrected chi connectivity index (χ2v) is 10.0. The normalized spacial score (nSPS) is 12.0. The Bertz CT molecular complexity index is 162. The summed E-state index contributed by atoms with van der Waals surface area (Å²) < 4.78 is 5.53. The molecule has 0 unspecified atom stereocenters. The molecule has 0 atom stereocenters. The molecule has 0 saturated heterocycles. The van der Waals surface area contributed by atoms with Gasteiger partial charge in [-0.25, -0.2) is 0 Å². The summed E-state index contributed by atoms with van der Waals surface area (Å²) in [6.45, 7) is 9.21. The van der Waals surface area contributed by atoms with Crippen molar-refractivity contribution >= 4 is 8.32 Å². The quantitative estimate of drug-likeness (QED) is 0.419. The van der Waals surface area contributed by atoms with Crippen molar-refractivity contribution in [1.82, 2.24) is 5.32 Å². The van der Waals surface area contributed by atoms with Crippen LogP contribution >= 0.6 is 0 Å². The van der Waals surface area contributed by atoms with E-state index in [1.807, 2.05) is 7.11 Å². The van der Waals surface area contributed by atoms with Gasteiger partial charge in [-0.1, -0.05) is 39.0 Å². The molecule has 3 heteroatoms. The predicted molar refractivity (Wildman–Crippen MR) is 80.2 cm³/mol. The van der Waals surface area contributed by atoms with Gasteiger partial charge in [0.05, 0.1) is 0 Å². The zero-order chi connectivity index (χ0) is 13.0. The molecule has 17 heavy (non-hydrogen) atoms. The minimum atomic E-state index is -1.31. The summed E-state index contributed by atoms with van der Waals surface area (Å²) in [7, 11) is 0.549. The average molecular weight is 260 g/mol. The zero-order valence-corrected chi connectivity index (χ0v) is 13.5. The summed E-state index contributed by atoms with van der Waals surface area (Å²) in [6, 6.07) is 1.27. The van der Waals surface area contributed by atoms with Crippen LogP contribution in [0.5, 0.6) is 0 Å². The Hall–Kier alpha value is 0.137. The van der Waals surface area contributed by atoms with E-state index in [0.717, 1.165) is 6.54 Å². The summed E-state index contributed by atoms with van der Waals surface area (Å²) in [4.78, 5) is 0. The maximum Gasteiger partial charge on any atom is 0.186 e. The monoisotopic (exact) mass is 259 g/mol. The van der Waals surface area contributed by atoms with Gasteiger partial charge >= 0.3 is 0 Å². The molecule has 0 heterocycles. The third-order valence-corrected chi connectivity index (χ3v) is 6.05. The topological polar surface area (TPSA) is 21.3 Å². The number of hydrogen-bond acceptors (Lipinski definition) is 2. The van der Waals surface area contributed by atoms with Gasteiger partial charge in [-0.05, 0) is 45.1 Å². The number of rotatable bonds is 12. The molecule has 0 bridgehead atoms. The van der Waals surface area contributed by atoms with E-state index in [9.17, 15) is 0 Å². The van der Waals surface area contributed by atoms with E-state index in [2.05, 4.69) is 25.3 Å². The first kappa shape index (κ1) is 17.1. The maximum atomic E-state index is 5.53. The predicted octanol–water partition coefficient (Wildman–Crippen LogP) is 4.18. The number of unbranched alkanes of at least 4 members (excludes halogenated alkanes) is 5. The van der Waals surface area contributed by atoms with Crippen molar-refractivity contribution in [3.05, 3.63) is 0 Å². The molecule has 0 aliphatic carbocycles. The molecule has 0 spiro atoms. The van der Waals surface area contributed by atoms with Gasteiger partial charge in [0.1, 0.15) is 0 Å². The van der Waals surface area contributed by atoms with E-state index in [1.165, 1.54) is 57.5 Å². The summed E-state index contributed by atoms with van der Waals surface area (Å²) >= 11 is 0. The van der Waals surface area contributed by atoms with Crippen LogP contribution in [0.25, 0.3) is 0 Å². The largest absolute Gasteiger partial charge is 0.420 e. The highest BCUT2D eigenvalue weighted by molar-refractivity contribution is 6.71. The van der Waals surface area contributed by atoms with E-state index in [1.54, 1.807) is 0 Å². The van der Waals surface area contributed by atoms with E-state index in [-0.39, 0.29) is 0 Å². The molecule has 0 saturated carbocycles. The van der Waals surface area contributed by atoms with Crippen LogP contribution in [-0.4, -0.2) is 28.5 Å². The third-order valence-electron chi connectivity index (χ3n) is 3.39. The van der Waals surface area contributed by atoms with E-state index >= 15 is 0 Å². The molecular formula is C14H33NOSi. The first-order chi connectivity index (χ1) is 8.12. The van der Waals surface area contributed by atoms with E-state index in [0.29, 0.717) is 0 Å². The van der Waals surface area contributed by atoms with Gasteiger partial charge in [0, 0.05) is 7.11 Å². The van der Waals surface area contributed by atoms with Crippen molar-refractivity contribution in [2.75, 3.05) is 20.2 Å². The summed E-state index contributed by atoms with van der Waals surface area (Å²) in [5.74, 6) is 0. The maximum absolute atomic E-state index is 5.53. The molecule has 0 amide bonds. The molecule has 0 aromatic heterocycles.